The van der Waals surface area contributed by atoms with Crippen LogP contribution < -0.4 is 4.74 Å². The molecule has 0 aromatic heterocycles. The van der Waals surface area contributed by atoms with Gasteiger partial charge in [-0.15, -0.1) is 0 Å². The Morgan fingerprint density at radius 3 is 2.54 bits per heavy atom. The van der Waals surface area contributed by atoms with E-state index in [1.54, 1.807) is 0 Å². The quantitative estimate of drug-likeness (QED) is 0.706. The molecule has 0 saturated carbocycles. The average Bonchev–Trinajstić information content (AvgIpc) is 2.58. The van der Waals surface area contributed by atoms with Crippen LogP contribution in [0.3, 0.4) is 0 Å². The van der Waals surface area contributed by atoms with Crippen LogP contribution in [0.15, 0.2) is 54.6 Å². The van der Waals surface area contributed by atoms with Crippen LogP contribution in [0, 0.1) is 0 Å². The van der Waals surface area contributed by atoms with Gasteiger partial charge in [-0.05, 0) is 23.3 Å². The SMILES string of the molecule is CC(C)(COCCC(=O)O)c1cccc(OCc2ccccc2)c1. The minimum absolute atomic E-state index is 0.0241. The molecule has 0 saturated heterocycles. The van der Waals surface area contributed by atoms with Crippen molar-refractivity contribution in [3.8, 4) is 5.75 Å². The second-order valence-corrected chi connectivity index (χ2v) is 6.38. The summed E-state index contributed by atoms with van der Waals surface area (Å²) in [6.45, 7) is 5.36. The van der Waals surface area contributed by atoms with Crippen LogP contribution in [-0.4, -0.2) is 24.3 Å². The summed E-state index contributed by atoms with van der Waals surface area (Å²) < 4.78 is 11.4. The van der Waals surface area contributed by atoms with Crippen LogP contribution in [0.4, 0.5) is 0 Å². The number of ether oxygens (including phenoxy) is 2. The van der Waals surface area contributed by atoms with Crippen LogP contribution >= 0.6 is 0 Å². The summed E-state index contributed by atoms with van der Waals surface area (Å²) in [4.78, 5) is 10.5. The highest BCUT2D eigenvalue weighted by molar-refractivity contribution is 5.66. The predicted molar refractivity (Wildman–Crippen MR) is 93.3 cm³/mol. The summed E-state index contributed by atoms with van der Waals surface area (Å²) in [5.41, 5.74) is 2.01. The van der Waals surface area contributed by atoms with Gasteiger partial charge in [-0.3, -0.25) is 4.79 Å². The number of carboxylic acids is 1. The van der Waals surface area contributed by atoms with Crippen LogP contribution in [-0.2, 0) is 21.6 Å². The lowest BCUT2D eigenvalue weighted by Gasteiger charge is -2.25. The Morgan fingerprint density at radius 2 is 1.83 bits per heavy atom. The molecule has 1 N–H and O–H groups in total. The topological polar surface area (TPSA) is 55.8 Å². The van der Waals surface area contributed by atoms with E-state index >= 15 is 0 Å². The number of carboxylic acid groups (broad SMARTS) is 1. The lowest BCUT2D eigenvalue weighted by molar-refractivity contribution is -0.138. The van der Waals surface area contributed by atoms with E-state index < -0.39 is 5.97 Å². The Labute approximate surface area is 143 Å². The molecule has 0 atom stereocenters. The lowest BCUT2D eigenvalue weighted by Crippen LogP contribution is -2.25. The molecule has 0 aliphatic carbocycles. The zero-order valence-corrected chi connectivity index (χ0v) is 14.2. The Balaban J connectivity index is 1.94. The van der Waals surface area contributed by atoms with Crippen LogP contribution in [0.1, 0.15) is 31.4 Å². The molecule has 2 aromatic carbocycles. The van der Waals surface area contributed by atoms with Gasteiger partial charge in [-0.25, -0.2) is 0 Å². The molecule has 0 unspecified atom stereocenters. The first kappa shape index (κ1) is 18.0. The van der Waals surface area contributed by atoms with Gasteiger partial charge in [0.25, 0.3) is 0 Å². The first-order valence-corrected chi connectivity index (χ1v) is 8.04. The fraction of sp³-hybridized carbons (Fsp3) is 0.350. The number of hydrogen-bond acceptors (Lipinski definition) is 3. The minimum Gasteiger partial charge on any atom is -0.489 e. The third kappa shape index (κ3) is 5.70. The molecular weight excluding hydrogens is 304 g/mol. The molecule has 0 radical (unpaired) electrons. The second kappa shape index (κ2) is 8.50. The summed E-state index contributed by atoms with van der Waals surface area (Å²) >= 11 is 0. The first-order chi connectivity index (χ1) is 11.5. The monoisotopic (exact) mass is 328 g/mol. The predicted octanol–water partition coefficient (Wildman–Crippen LogP) is 4.03. The third-order valence-electron chi connectivity index (χ3n) is 3.79. The van der Waals surface area contributed by atoms with E-state index in [1.807, 2.05) is 54.6 Å². The largest absolute Gasteiger partial charge is 0.489 e. The molecule has 0 fully saturated rings. The normalized spacial score (nSPS) is 11.2. The highest BCUT2D eigenvalue weighted by Crippen LogP contribution is 2.27. The summed E-state index contributed by atoms with van der Waals surface area (Å²) in [7, 11) is 0. The molecule has 0 aliphatic heterocycles. The number of rotatable bonds is 9. The van der Waals surface area contributed by atoms with Crippen molar-refractivity contribution in [2.45, 2.75) is 32.3 Å². The summed E-state index contributed by atoms with van der Waals surface area (Å²) in [5, 5.41) is 8.65. The van der Waals surface area contributed by atoms with E-state index in [-0.39, 0.29) is 18.4 Å². The maximum Gasteiger partial charge on any atom is 0.305 e. The van der Waals surface area contributed by atoms with E-state index in [2.05, 4.69) is 13.8 Å². The van der Waals surface area contributed by atoms with Crippen molar-refractivity contribution >= 4 is 5.97 Å². The maximum absolute atomic E-state index is 10.5. The fourth-order valence-corrected chi connectivity index (χ4v) is 2.32. The molecule has 0 aliphatic rings. The van der Waals surface area contributed by atoms with Crippen molar-refractivity contribution in [3.05, 3.63) is 65.7 Å². The van der Waals surface area contributed by atoms with Crippen molar-refractivity contribution in [1.29, 1.82) is 0 Å². The standard InChI is InChI=1S/C20H24O4/c1-20(2,15-23-12-11-19(21)22)17-9-6-10-18(13-17)24-14-16-7-4-3-5-8-16/h3-10,13H,11-12,14-15H2,1-2H3,(H,21,22). The summed E-state index contributed by atoms with van der Waals surface area (Å²) in [5.74, 6) is -0.0286. The van der Waals surface area contributed by atoms with Crippen molar-refractivity contribution in [1.82, 2.24) is 0 Å². The van der Waals surface area contributed by atoms with Crippen LogP contribution in [0.2, 0.25) is 0 Å². The molecule has 24 heavy (non-hydrogen) atoms. The Hall–Kier alpha value is -2.33. The van der Waals surface area contributed by atoms with Crippen molar-refractivity contribution in [2.24, 2.45) is 0 Å². The van der Waals surface area contributed by atoms with Crippen LogP contribution in [0.5, 0.6) is 5.75 Å². The number of hydrogen-bond donors (Lipinski definition) is 1. The zero-order valence-electron chi connectivity index (χ0n) is 14.2. The summed E-state index contributed by atoms with van der Waals surface area (Å²) in [6.07, 6.45) is 0.0241. The van der Waals surface area contributed by atoms with Gasteiger partial charge in [-0.1, -0.05) is 56.3 Å². The average molecular weight is 328 g/mol. The Morgan fingerprint density at radius 1 is 1.08 bits per heavy atom. The highest BCUT2D eigenvalue weighted by Gasteiger charge is 2.21. The third-order valence-corrected chi connectivity index (χ3v) is 3.79. The number of carbonyl (C=O) groups is 1. The van der Waals surface area contributed by atoms with Crippen molar-refractivity contribution < 1.29 is 19.4 Å². The molecular formula is C20H24O4. The van der Waals surface area contributed by atoms with Gasteiger partial charge >= 0.3 is 5.97 Å². The highest BCUT2D eigenvalue weighted by atomic mass is 16.5. The van der Waals surface area contributed by atoms with Gasteiger partial charge in [-0.2, -0.15) is 0 Å². The molecule has 2 aromatic rings. The van der Waals surface area contributed by atoms with Crippen molar-refractivity contribution in [3.63, 3.8) is 0 Å². The van der Waals surface area contributed by atoms with Gasteiger partial charge in [0.2, 0.25) is 0 Å². The zero-order chi connectivity index (χ0) is 17.4. The Bertz CT molecular complexity index is 650. The number of aliphatic carboxylic acids is 1. The van der Waals surface area contributed by atoms with E-state index in [1.165, 1.54) is 0 Å². The maximum atomic E-state index is 10.5. The van der Waals surface area contributed by atoms with Gasteiger partial charge in [0.1, 0.15) is 12.4 Å². The molecule has 0 amide bonds. The Kier molecular flexibility index (Phi) is 6.38. The van der Waals surface area contributed by atoms with E-state index in [0.29, 0.717) is 13.2 Å². The van der Waals surface area contributed by atoms with Crippen LogP contribution in [0.25, 0.3) is 0 Å². The lowest BCUT2D eigenvalue weighted by atomic mass is 9.85. The first-order valence-electron chi connectivity index (χ1n) is 8.04. The molecule has 0 heterocycles. The minimum atomic E-state index is -0.843. The molecule has 0 spiro atoms. The van der Waals surface area contributed by atoms with Gasteiger partial charge in [0, 0.05) is 5.41 Å². The van der Waals surface area contributed by atoms with Gasteiger partial charge in [0.15, 0.2) is 0 Å². The molecule has 2 rings (SSSR count). The molecule has 128 valence electrons. The van der Waals surface area contributed by atoms with E-state index in [4.69, 9.17) is 14.6 Å². The second-order valence-electron chi connectivity index (χ2n) is 6.38. The fourth-order valence-electron chi connectivity index (χ4n) is 2.32. The molecule has 0 bridgehead atoms. The van der Waals surface area contributed by atoms with E-state index in [9.17, 15) is 4.79 Å². The molecule has 4 heteroatoms. The van der Waals surface area contributed by atoms with E-state index in [0.717, 1.165) is 16.9 Å². The smallest absolute Gasteiger partial charge is 0.305 e. The van der Waals surface area contributed by atoms with Gasteiger partial charge < -0.3 is 14.6 Å². The molecule has 4 nitrogen and oxygen atoms in total. The van der Waals surface area contributed by atoms with Gasteiger partial charge in [0.05, 0.1) is 19.6 Å². The summed E-state index contributed by atoms with van der Waals surface area (Å²) in [6, 6.07) is 18.0. The number of benzene rings is 2. The van der Waals surface area contributed by atoms with Crippen molar-refractivity contribution in [2.75, 3.05) is 13.2 Å².